The number of carbonyl (C=O) groups is 4. The quantitative estimate of drug-likeness (QED) is 0.695. The number of halogens is 1. The number of nitrogens with zero attached hydrogens (tertiary/aromatic N) is 2. The van der Waals surface area contributed by atoms with Crippen LogP contribution in [0.4, 0.5) is 4.39 Å². The summed E-state index contributed by atoms with van der Waals surface area (Å²) in [6.45, 7) is 2.05. The Morgan fingerprint density at radius 2 is 1.89 bits per heavy atom. The maximum Gasteiger partial charge on any atom is 0.262 e. The van der Waals surface area contributed by atoms with Gasteiger partial charge in [-0.2, -0.15) is 0 Å². The molecule has 148 valence electrons. The number of piperidine rings is 1. The lowest BCUT2D eigenvalue weighted by atomic mass is 10.0. The number of alkyl halides is 1. The highest BCUT2D eigenvalue weighted by molar-refractivity contribution is 6.23. The lowest BCUT2D eigenvalue weighted by Gasteiger charge is -2.34. The van der Waals surface area contributed by atoms with Crippen LogP contribution >= 0.6 is 0 Å². The van der Waals surface area contributed by atoms with Crippen molar-refractivity contribution in [2.45, 2.75) is 31.5 Å². The minimum absolute atomic E-state index is 0.0860. The van der Waals surface area contributed by atoms with Gasteiger partial charge in [0, 0.05) is 32.6 Å². The molecule has 2 fully saturated rings. The van der Waals surface area contributed by atoms with Crippen LogP contribution in [0.1, 0.15) is 39.1 Å². The summed E-state index contributed by atoms with van der Waals surface area (Å²) < 4.78 is 13.2. The van der Waals surface area contributed by atoms with E-state index >= 15 is 0 Å². The van der Waals surface area contributed by atoms with Crippen LogP contribution in [0.5, 0.6) is 0 Å². The standard InChI is InChI=1S/C19H21FN4O4/c20-8-12-9-21-5-6-23(12)10-11-1-2-13-14(7-11)19(28)24(18(13)27)15-3-4-16(25)22-17(15)26/h1-2,7,12,15,21H,3-6,8-10H2,(H,22,25,26). The van der Waals surface area contributed by atoms with Crippen molar-refractivity contribution in [3.63, 3.8) is 0 Å². The highest BCUT2D eigenvalue weighted by atomic mass is 19.1. The van der Waals surface area contributed by atoms with E-state index in [1.165, 1.54) is 0 Å². The minimum Gasteiger partial charge on any atom is -0.314 e. The first-order chi connectivity index (χ1) is 13.5. The largest absolute Gasteiger partial charge is 0.314 e. The third-order valence-corrected chi connectivity index (χ3v) is 5.54. The van der Waals surface area contributed by atoms with Gasteiger partial charge in [0.1, 0.15) is 12.7 Å². The van der Waals surface area contributed by atoms with Crippen LogP contribution in [-0.4, -0.2) is 71.8 Å². The van der Waals surface area contributed by atoms with Gasteiger partial charge in [0.25, 0.3) is 11.8 Å². The maximum absolute atomic E-state index is 13.2. The van der Waals surface area contributed by atoms with E-state index in [0.717, 1.165) is 17.0 Å². The predicted octanol–water partition coefficient (Wildman–Crippen LogP) is -0.169. The molecule has 28 heavy (non-hydrogen) atoms. The van der Waals surface area contributed by atoms with Crippen molar-refractivity contribution in [1.29, 1.82) is 0 Å². The molecule has 2 atom stereocenters. The number of imide groups is 2. The molecule has 4 amide bonds. The zero-order valence-corrected chi connectivity index (χ0v) is 15.2. The van der Waals surface area contributed by atoms with E-state index < -0.39 is 36.3 Å². The monoisotopic (exact) mass is 388 g/mol. The van der Waals surface area contributed by atoms with E-state index in [1.807, 2.05) is 4.90 Å². The van der Waals surface area contributed by atoms with Gasteiger partial charge < -0.3 is 5.32 Å². The molecule has 3 heterocycles. The van der Waals surface area contributed by atoms with Gasteiger partial charge in [-0.1, -0.05) is 6.07 Å². The summed E-state index contributed by atoms with van der Waals surface area (Å²) in [6, 6.07) is 3.80. The molecule has 8 nitrogen and oxygen atoms in total. The zero-order chi connectivity index (χ0) is 19.8. The van der Waals surface area contributed by atoms with Gasteiger partial charge in [-0.3, -0.25) is 34.3 Å². The molecule has 4 rings (SSSR count). The second-order valence-electron chi connectivity index (χ2n) is 7.31. The fraction of sp³-hybridized carbons (Fsp3) is 0.474. The lowest BCUT2D eigenvalue weighted by Crippen LogP contribution is -2.54. The third kappa shape index (κ3) is 3.20. The number of rotatable bonds is 4. The van der Waals surface area contributed by atoms with Crippen molar-refractivity contribution in [1.82, 2.24) is 20.4 Å². The van der Waals surface area contributed by atoms with Crippen LogP contribution in [-0.2, 0) is 16.1 Å². The summed E-state index contributed by atoms with van der Waals surface area (Å²) in [7, 11) is 0. The number of amides is 4. The van der Waals surface area contributed by atoms with Gasteiger partial charge in [-0.25, -0.2) is 4.39 Å². The van der Waals surface area contributed by atoms with Crippen LogP contribution in [0.25, 0.3) is 0 Å². The molecule has 2 saturated heterocycles. The highest BCUT2D eigenvalue weighted by Crippen LogP contribution is 2.28. The molecule has 0 radical (unpaired) electrons. The van der Waals surface area contributed by atoms with E-state index in [2.05, 4.69) is 10.6 Å². The first-order valence-electron chi connectivity index (χ1n) is 9.35. The number of fused-ring (bicyclic) bond motifs is 1. The van der Waals surface area contributed by atoms with Crippen molar-refractivity contribution in [3.8, 4) is 0 Å². The molecule has 0 aromatic heterocycles. The van der Waals surface area contributed by atoms with Crippen molar-refractivity contribution in [3.05, 3.63) is 34.9 Å². The number of piperazine rings is 1. The lowest BCUT2D eigenvalue weighted by molar-refractivity contribution is -0.136. The molecule has 2 unspecified atom stereocenters. The smallest absolute Gasteiger partial charge is 0.262 e. The SMILES string of the molecule is O=C1CCC(N2C(=O)c3ccc(CN4CCNCC4CF)cc3C2=O)C(=O)N1. The first kappa shape index (κ1) is 18.7. The molecule has 0 bridgehead atoms. The molecule has 3 aliphatic heterocycles. The summed E-state index contributed by atoms with van der Waals surface area (Å²) in [4.78, 5) is 52.0. The molecular weight excluding hydrogens is 367 g/mol. The summed E-state index contributed by atoms with van der Waals surface area (Å²) in [5, 5.41) is 5.34. The van der Waals surface area contributed by atoms with E-state index in [9.17, 15) is 23.6 Å². The van der Waals surface area contributed by atoms with Crippen LogP contribution in [0.3, 0.4) is 0 Å². The molecule has 3 aliphatic rings. The average Bonchev–Trinajstić information content (AvgIpc) is 2.93. The number of carbonyl (C=O) groups excluding carboxylic acids is 4. The topological polar surface area (TPSA) is 98.8 Å². The zero-order valence-electron chi connectivity index (χ0n) is 15.2. The molecule has 0 spiro atoms. The molecule has 1 aromatic carbocycles. The molecule has 2 N–H and O–H groups in total. The van der Waals surface area contributed by atoms with Crippen molar-refractivity contribution >= 4 is 23.6 Å². The third-order valence-electron chi connectivity index (χ3n) is 5.54. The summed E-state index contributed by atoms with van der Waals surface area (Å²) in [5.41, 5.74) is 1.31. The number of benzene rings is 1. The maximum atomic E-state index is 13.2. The molecule has 0 aliphatic carbocycles. The van der Waals surface area contributed by atoms with Crippen LogP contribution in [0.15, 0.2) is 18.2 Å². The molecular formula is C19H21FN4O4. The van der Waals surface area contributed by atoms with E-state index in [1.54, 1.807) is 18.2 Å². The summed E-state index contributed by atoms with van der Waals surface area (Å²) in [6.07, 6.45) is 0.213. The molecule has 1 aromatic rings. The van der Waals surface area contributed by atoms with E-state index in [-0.39, 0.29) is 30.0 Å². The van der Waals surface area contributed by atoms with Gasteiger partial charge >= 0.3 is 0 Å². The highest BCUT2D eigenvalue weighted by Gasteiger charge is 2.44. The van der Waals surface area contributed by atoms with Gasteiger partial charge in [0.2, 0.25) is 11.8 Å². The molecule has 9 heteroatoms. The van der Waals surface area contributed by atoms with Gasteiger partial charge in [0.15, 0.2) is 0 Å². The Hall–Kier alpha value is -2.65. The Balaban J connectivity index is 1.55. The second kappa shape index (κ2) is 7.40. The average molecular weight is 388 g/mol. The number of nitrogens with one attached hydrogen (secondary N) is 2. The Morgan fingerprint density at radius 3 is 2.64 bits per heavy atom. The normalized spacial score (nSPS) is 25.8. The summed E-state index contributed by atoms with van der Waals surface area (Å²) >= 11 is 0. The Kier molecular flexibility index (Phi) is 4.94. The van der Waals surface area contributed by atoms with Gasteiger partial charge in [-0.15, -0.1) is 0 Å². The Bertz CT molecular complexity index is 858. The van der Waals surface area contributed by atoms with Crippen molar-refractivity contribution in [2.75, 3.05) is 26.3 Å². The van der Waals surface area contributed by atoms with Gasteiger partial charge in [0.05, 0.1) is 17.2 Å². The fourth-order valence-corrected chi connectivity index (χ4v) is 4.01. The Labute approximate surface area is 161 Å². The number of hydrogen-bond acceptors (Lipinski definition) is 6. The van der Waals surface area contributed by atoms with Crippen molar-refractivity contribution in [2.24, 2.45) is 0 Å². The van der Waals surface area contributed by atoms with Crippen LogP contribution in [0, 0.1) is 0 Å². The summed E-state index contributed by atoms with van der Waals surface area (Å²) in [5.74, 6) is -2.08. The minimum atomic E-state index is -0.974. The predicted molar refractivity (Wildman–Crippen MR) is 96.2 cm³/mol. The number of hydrogen-bond donors (Lipinski definition) is 2. The first-order valence-corrected chi connectivity index (χ1v) is 9.35. The van der Waals surface area contributed by atoms with E-state index in [4.69, 9.17) is 0 Å². The fourth-order valence-electron chi connectivity index (χ4n) is 4.01. The Morgan fingerprint density at radius 1 is 1.11 bits per heavy atom. The second-order valence-corrected chi connectivity index (χ2v) is 7.31. The van der Waals surface area contributed by atoms with Gasteiger partial charge in [-0.05, 0) is 24.1 Å². The van der Waals surface area contributed by atoms with Crippen LogP contribution in [0.2, 0.25) is 0 Å². The van der Waals surface area contributed by atoms with Crippen LogP contribution < -0.4 is 10.6 Å². The van der Waals surface area contributed by atoms with Crippen molar-refractivity contribution < 1.29 is 23.6 Å². The van der Waals surface area contributed by atoms with E-state index in [0.29, 0.717) is 19.6 Å². The molecule has 0 saturated carbocycles.